The second kappa shape index (κ2) is 3.45. The molecule has 4 heteroatoms. The molecule has 0 saturated heterocycles. The Bertz CT molecular complexity index is 312. The first kappa shape index (κ1) is 8.87. The third-order valence-electron chi connectivity index (χ3n) is 1.29. The molecule has 1 amide bonds. The highest BCUT2D eigenvalue weighted by atomic mass is 35.5. The van der Waals surface area contributed by atoms with Crippen molar-refractivity contribution in [3.63, 3.8) is 0 Å². The first-order valence-electron chi connectivity index (χ1n) is 3.38. The van der Waals surface area contributed by atoms with E-state index in [4.69, 9.17) is 16.7 Å². The van der Waals surface area contributed by atoms with Crippen molar-refractivity contribution in [2.75, 3.05) is 5.32 Å². The molecule has 0 aliphatic heterocycles. The van der Waals surface area contributed by atoms with Gasteiger partial charge >= 0.3 is 0 Å². The van der Waals surface area contributed by atoms with Crippen molar-refractivity contribution in [3.05, 3.63) is 23.2 Å². The van der Waals surface area contributed by atoms with Crippen LogP contribution in [0.3, 0.4) is 0 Å². The highest BCUT2D eigenvalue weighted by Crippen LogP contribution is 2.25. The Hall–Kier alpha value is -1.22. The molecule has 12 heavy (non-hydrogen) atoms. The highest BCUT2D eigenvalue weighted by Gasteiger charge is 2.04. The van der Waals surface area contributed by atoms with Crippen molar-refractivity contribution < 1.29 is 9.90 Å². The monoisotopic (exact) mass is 186 g/mol. The number of anilines is 1. The predicted molar refractivity (Wildman–Crippen MR) is 48.8 cm³/mol. The first-order valence-corrected chi connectivity index (χ1v) is 3.76. The molecule has 0 radical (unpaired) electrons. The van der Waals surface area contributed by atoms with Crippen LogP contribution >= 0.6 is 11.6 Å². The van der Waals surface area contributed by atoms with Gasteiger partial charge in [-0.3, -0.25) is 4.79 Å². The Balaban J connectivity index is 2.89. The lowest BCUT2D eigenvalue weighted by Gasteiger charge is -2.00. The van der Waals surface area contributed by atoms with Crippen LogP contribution in [0.25, 0.3) is 0 Å². The summed E-state index contributed by atoms with van der Waals surface area (Å²) in [4.78, 5) is 10.6. The summed E-state index contributed by atoms with van der Waals surface area (Å²) in [5.41, 5.74) is 0.594. The van der Waals surface area contributed by atoms with Gasteiger partial charge in [-0.25, -0.2) is 0 Å². The third kappa shape index (κ3) is 2.13. The Labute approximate surface area is 75.0 Å². The van der Waals surface area contributed by atoms with Crippen LogP contribution in [-0.2, 0) is 4.79 Å². The quantitative estimate of drug-likeness (QED) is 0.668. The lowest BCUT2D eigenvalue weighted by molar-refractivity contribution is -0.114. The summed E-state index contributed by atoms with van der Waals surface area (Å²) >= 11 is 5.62. The van der Waals surface area contributed by atoms with Crippen molar-refractivity contribution in [3.8, 4) is 5.75 Å². The molecule has 0 saturated carbocycles. The fourth-order valence-corrected chi connectivity index (χ4v) is 0.924. The zero-order valence-electron chi connectivity index (χ0n) is 6.52. The zero-order chi connectivity index (χ0) is 9.14. The number of nitrogens with one attached hydrogen (secondary N) is 1. The van der Waals surface area contributed by atoms with E-state index in [1.165, 1.54) is 13.0 Å². The molecular formula is C8H9ClNO2+. The summed E-state index contributed by atoms with van der Waals surface area (Å²) in [7, 11) is 0. The number of carbonyl (C=O) groups excluding carboxylic acids is 1. The van der Waals surface area contributed by atoms with Crippen LogP contribution in [0.2, 0.25) is 5.02 Å². The number of hydrogen-bond donors (Lipinski definition) is 1. The Kier molecular flexibility index (Phi) is 2.55. The van der Waals surface area contributed by atoms with Gasteiger partial charge in [-0.15, -0.1) is 0 Å². The minimum absolute atomic E-state index is 0.156. The fourth-order valence-electron chi connectivity index (χ4n) is 0.806. The summed E-state index contributed by atoms with van der Waals surface area (Å²) in [6, 6.07) is 4.74. The van der Waals surface area contributed by atoms with E-state index in [9.17, 15) is 4.79 Å². The molecule has 0 aliphatic carbocycles. The van der Waals surface area contributed by atoms with E-state index in [1.807, 2.05) is 0 Å². The number of hydrogen-bond acceptors (Lipinski definition) is 1. The third-order valence-corrected chi connectivity index (χ3v) is 1.62. The molecule has 0 atom stereocenters. The second-order valence-corrected chi connectivity index (χ2v) is 2.78. The second-order valence-electron chi connectivity index (χ2n) is 2.38. The Morgan fingerprint density at radius 2 is 2.25 bits per heavy atom. The maximum Gasteiger partial charge on any atom is 0.274 e. The molecule has 0 unspecified atom stereocenters. The minimum atomic E-state index is -0.156. The summed E-state index contributed by atoms with van der Waals surface area (Å²) in [6.07, 6.45) is 0. The topological polar surface area (TPSA) is 52.0 Å². The van der Waals surface area contributed by atoms with Crippen LogP contribution in [-0.4, -0.2) is 11.0 Å². The van der Waals surface area contributed by atoms with Gasteiger partial charge in [0.2, 0.25) is 5.91 Å². The molecule has 64 valence electrons. The van der Waals surface area contributed by atoms with Crippen LogP contribution in [0, 0.1) is 0 Å². The smallest absolute Gasteiger partial charge is 0.274 e. The Morgan fingerprint density at radius 1 is 1.58 bits per heavy atom. The van der Waals surface area contributed by atoms with Crippen molar-refractivity contribution in [1.29, 1.82) is 0 Å². The molecule has 0 heterocycles. The van der Waals surface area contributed by atoms with Crippen molar-refractivity contribution in [1.82, 2.24) is 0 Å². The van der Waals surface area contributed by atoms with Gasteiger partial charge in [0.05, 0.1) is 6.07 Å². The van der Waals surface area contributed by atoms with Gasteiger partial charge < -0.3 is 10.4 Å². The van der Waals surface area contributed by atoms with Gasteiger partial charge in [0.25, 0.3) is 5.75 Å². The van der Waals surface area contributed by atoms with Gasteiger partial charge in [0, 0.05) is 12.6 Å². The average molecular weight is 187 g/mol. The van der Waals surface area contributed by atoms with Crippen molar-refractivity contribution in [2.45, 2.75) is 6.92 Å². The number of amides is 1. The van der Waals surface area contributed by atoms with Gasteiger partial charge in [-0.05, 0) is 12.1 Å². The lowest BCUT2D eigenvalue weighted by Crippen LogP contribution is -2.05. The number of rotatable bonds is 1. The van der Waals surface area contributed by atoms with E-state index in [-0.39, 0.29) is 11.7 Å². The van der Waals surface area contributed by atoms with Crippen LogP contribution in [0.4, 0.5) is 5.69 Å². The summed E-state index contributed by atoms with van der Waals surface area (Å²) in [6.45, 7) is 1.41. The molecule has 3 N–H and O–H groups in total. The molecule has 0 aliphatic rings. The van der Waals surface area contributed by atoms with E-state index < -0.39 is 0 Å². The van der Waals surface area contributed by atoms with Crippen LogP contribution in [0.15, 0.2) is 18.2 Å². The number of benzene rings is 1. The molecule has 3 nitrogen and oxygen atoms in total. The molecule has 1 rings (SSSR count). The number of carbonyl (C=O) groups is 1. The predicted octanol–water partition coefficient (Wildman–Crippen LogP) is 1.74. The van der Waals surface area contributed by atoms with E-state index in [0.29, 0.717) is 10.7 Å². The normalized spacial score (nSPS) is 9.50. The van der Waals surface area contributed by atoms with E-state index in [0.717, 1.165) is 0 Å². The van der Waals surface area contributed by atoms with Crippen LogP contribution in [0.5, 0.6) is 5.75 Å². The average Bonchev–Trinajstić information content (AvgIpc) is 1.96. The summed E-state index contributed by atoms with van der Waals surface area (Å²) in [5, 5.41) is 10.3. The molecule has 0 spiro atoms. The van der Waals surface area contributed by atoms with Gasteiger partial charge in [-0.2, -0.15) is 0 Å². The summed E-state index contributed by atoms with van der Waals surface area (Å²) < 4.78 is 0. The van der Waals surface area contributed by atoms with Gasteiger partial charge in [-0.1, -0.05) is 11.6 Å². The minimum Gasteiger partial charge on any atom is -0.592 e. The summed E-state index contributed by atoms with van der Waals surface area (Å²) in [5.74, 6) is 0.0552. The maximum absolute atomic E-state index is 10.6. The molecule has 1 aromatic rings. The van der Waals surface area contributed by atoms with Crippen LogP contribution < -0.4 is 5.32 Å². The maximum atomic E-state index is 10.6. The SMILES string of the molecule is CC(=O)Nc1ccc(Cl)c([OH2+])c1. The lowest BCUT2D eigenvalue weighted by atomic mass is 10.3. The molecule has 0 aromatic heterocycles. The Morgan fingerprint density at radius 3 is 2.75 bits per heavy atom. The molecule has 0 bridgehead atoms. The van der Waals surface area contributed by atoms with E-state index in [2.05, 4.69) is 5.32 Å². The molecular weight excluding hydrogens is 178 g/mol. The molecule has 0 fully saturated rings. The molecule has 1 aromatic carbocycles. The van der Waals surface area contributed by atoms with Gasteiger partial charge in [0.1, 0.15) is 5.02 Å². The van der Waals surface area contributed by atoms with Crippen molar-refractivity contribution in [2.24, 2.45) is 0 Å². The van der Waals surface area contributed by atoms with Crippen molar-refractivity contribution >= 4 is 23.2 Å². The van der Waals surface area contributed by atoms with Gasteiger partial charge in [0.15, 0.2) is 0 Å². The van der Waals surface area contributed by atoms with E-state index in [1.54, 1.807) is 12.1 Å². The van der Waals surface area contributed by atoms with Crippen LogP contribution in [0.1, 0.15) is 6.92 Å². The first-order chi connectivity index (χ1) is 5.59. The largest absolute Gasteiger partial charge is 0.592 e. The number of halogens is 1. The zero-order valence-corrected chi connectivity index (χ0v) is 7.27. The standard InChI is InChI=1S/C8H8ClNO2/c1-5(11)10-6-2-3-7(9)8(12)4-6/h2-4,12H,1H3,(H,10,11)/p+1. The fraction of sp³-hybridized carbons (Fsp3) is 0.125. The van der Waals surface area contributed by atoms with E-state index >= 15 is 0 Å². The highest BCUT2D eigenvalue weighted by molar-refractivity contribution is 6.32.